The van der Waals surface area contributed by atoms with E-state index in [0.717, 1.165) is 22.8 Å². The van der Waals surface area contributed by atoms with Gasteiger partial charge in [0, 0.05) is 79.4 Å². The second-order valence-corrected chi connectivity index (χ2v) is 14.4. The molecule has 1 saturated carbocycles. The molecule has 0 saturated heterocycles. The van der Waals surface area contributed by atoms with Crippen molar-refractivity contribution < 1.29 is 22.7 Å². The molecule has 1 aromatic carbocycles. The molecule has 3 aliphatic heterocycles. The van der Waals surface area contributed by atoms with Crippen LogP contribution < -0.4 is 9.62 Å². The molecule has 1 fully saturated rings. The van der Waals surface area contributed by atoms with Gasteiger partial charge in [-0.3, -0.25) is 9.59 Å². The fraction of sp³-hybridized carbons (Fsp3) is 0.548. The van der Waals surface area contributed by atoms with Gasteiger partial charge < -0.3 is 14.5 Å². The molecule has 11 heteroatoms. The summed E-state index contributed by atoms with van der Waals surface area (Å²) in [6.45, 7) is 1.22. The minimum atomic E-state index is -4.07. The Labute approximate surface area is 253 Å². The molecule has 3 heterocycles. The van der Waals surface area contributed by atoms with E-state index in [1.54, 1.807) is 18.0 Å². The molecule has 4 unspecified atom stereocenters. The van der Waals surface area contributed by atoms with Crippen LogP contribution in [-0.4, -0.2) is 82.4 Å². The van der Waals surface area contributed by atoms with Crippen LogP contribution in [-0.2, 0) is 19.7 Å². The van der Waals surface area contributed by atoms with Crippen LogP contribution in [0.15, 0.2) is 53.1 Å². The lowest BCUT2D eigenvalue weighted by Gasteiger charge is -2.40. The predicted molar refractivity (Wildman–Crippen MR) is 163 cm³/mol. The van der Waals surface area contributed by atoms with Gasteiger partial charge in [0.25, 0.3) is 11.8 Å². The molecule has 226 valence electrons. The topological polar surface area (TPSA) is 99.3 Å². The minimum Gasteiger partial charge on any atom is -0.378 e. The van der Waals surface area contributed by atoms with Crippen molar-refractivity contribution in [1.29, 1.82) is 0 Å². The van der Waals surface area contributed by atoms with Crippen LogP contribution in [0.5, 0.6) is 0 Å². The first kappa shape index (κ1) is 29.4. The number of rotatable bonds is 1. The molecule has 0 aromatic heterocycles. The van der Waals surface area contributed by atoms with Gasteiger partial charge >= 0.3 is 10.2 Å². The zero-order chi connectivity index (χ0) is 29.6. The van der Waals surface area contributed by atoms with E-state index in [-0.39, 0.29) is 55.0 Å². The third kappa shape index (κ3) is 5.54. The zero-order valence-corrected chi connectivity index (χ0v) is 25.7. The summed E-state index contributed by atoms with van der Waals surface area (Å²) < 4.78 is 34.8. The van der Waals surface area contributed by atoms with Gasteiger partial charge in [-0.05, 0) is 42.5 Å². The number of halogens is 1. The fourth-order valence-corrected chi connectivity index (χ4v) is 8.47. The molecule has 2 aliphatic carbocycles. The van der Waals surface area contributed by atoms with E-state index >= 15 is 0 Å². The van der Waals surface area contributed by atoms with Crippen molar-refractivity contribution in [3.8, 4) is 0 Å². The molecule has 9 nitrogen and oxygen atoms in total. The van der Waals surface area contributed by atoms with Crippen LogP contribution in [0, 0.1) is 17.8 Å². The first-order chi connectivity index (χ1) is 20.1. The van der Waals surface area contributed by atoms with Crippen LogP contribution in [0.2, 0.25) is 0 Å². The van der Waals surface area contributed by atoms with Crippen molar-refractivity contribution >= 4 is 39.3 Å². The molecule has 0 spiro atoms. The quantitative estimate of drug-likeness (QED) is 0.517. The molecular weight excluding hydrogens is 576 g/mol. The second-order valence-electron chi connectivity index (χ2n) is 12.2. The van der Waals surface area contributed by atoms with Gasteiger partial charge in [0.05, 0.1) is 13.2 Å². The summed E-state index contributed by atoms with van der Waals surface area (Å²) in [6.07, 6.45) is 14.2. The first-order valence-electron chi connectivity index (χ1n) is 14.9. The number of anilines is 1. The van der Waals surface area contributed by atoms with Gasteiger partial charge in [0.15, 0.2) is 0 Å². The first-order valence-corrected chi connectivity index (χ1v) is 16.7. The van der Waals surface area contributed by atoms with Gasteiger partial charge in [-0.1, -0.05) is 55.2 Å². The zero-order valence-electron chi connectivity index (χ0n) is 24.2. The Hall–Kier alpha value is -2.66. The lowest BCUT2D eigenvalue weighted by molar-refractivity contribution is -0.126. The van der Waals surface area contributed by atoms with Gasteiger partial charge in [0.2, 0.25) is 0 Å². The largest absolute Gasteiger partial charge is 0.378 e. The highest BCUT2D eigenvalue weighted by atomic mass is 35.5. The van der Waals surface area contributed by atoms with Crippen molar-refractivity contribution in [2.24, 2.45) is 17.8 Å². The number of carbonyl (C=O) groups excluding carboxylic acids is 2. The lowest BCUT2D eigenvalue weighted by Crippen LogP contribution is -2.44. The van der Waals surface area contributed by atoms with Crippen LogP contribution in [0.4, 0.5) is 5.69 Å². The maximum Gasteiger partial charge on any atom is 0.303 e. The Morgan fingerprint density at radius 2 is 1.79 bits per heavy atom. The van der Waals surface area contributed by atoms with Gasteiger partial charge in [-0.25, -0.2) is 4.72 Å². The normalized spacial score (nSPS) is 30.7. The lowest BCUT2D eigenvalue weighted by atomic mass is 9.69. The van der Waals surface area contributed by atoms with E-state index in [4.69, 9.17) is 16.3 Å². The summed E-state index contributed by atoms with van der Waals surface area (Å²) in [5, 5.41) is 0.666. The van der Waals surface area contributed by atoms with Crippen molar-refractivity contribution in [1.82, 2.24) is 13.9 Å². The number of hydrogen-bond donors (Lipinski definition) is 1. The minimum absolute atomic E-state index is 0.0458. The number of likely N-dealkylation sites (N-methyl/N-ethyl adjacent to an activating group) is 2. The van der Waals surface area contributed by atoms with E-state index in [9.17, 15) is 18.0 Å². The maximum absolute atomic E-state index is 13.9. The van der Waals surface area contributed by atoms with Crippen molar-refractivity contribution in [2.75, 3.05) is 51.8 Å². The number of nitrogens with one attached hydrogen (secondary N) is 1. The summed E-state index contributed by atoms with van der Waals surface area (Å²) in [5.41, 5.74) is 3.02. The second kappa shape index (κ2) is 11.8. The molecule has 1 N–H and O–H groups in total. The van der Waals surface area contributed by atoms with Crippen LogP contribution >= 0.6 is 11.6 Å². The average molecular weight is 615 g/mol. The molecular formula is C31H39ClN4O5S. The number of ether oxygens (including phenoxy) is 1. The van der Waals surface area contributed by atoms with Crippen molar-refractivity contribution in [3.05, 3.63) is 64.2 Å². The Kier molecular flexibility index (Phi) is 8.26. The predicted octanol–water partition coefficient (Wildman–Crippen LogP) is 3.80. The monoisotopic (exact) mass is 614 g/mol. The number of amides is 2. The van der Waals surface area contributed by atoms with E-state index in [0.29, 0.717) is 29.6 Å². The summed E-state index contributed by atoms with van der Waals surface area (Å²) in [7, 11) is -0.890. The summed E-state index contributed by atoms with van der Waals surface area (Å²) in [6, 6.07) is 5.64. The number of hydrogen-bond acceptors (Lipinski definition) is 6. The van der Waals surface area contributed by atoms with E-state index in [1.165, 1.54) is 31.9 Å². The smallest absolute Gasteiger partial charge is 0.303 e. The Morgan fingerprint density at radius 1 is 1.02 bits per heavy atom. The Balaban J connectivity index is 1.48. The van der Waals surface area contributed by atoms with Crippen molar-refractivity contribution in [3.63, 3.8) is 0 Å². The molecule has 1 aromatic rings. The van der Waals surface area contributed by atoms with Crippen LogP contribution in [0.3, 0.4) is 0 Å². The number of nitrogens with zero attached hydrogens (tertiary/aromatic N) is 3. The number of carbonyl (C=O) groups is 2. The molecule has 2 amide bonds. The van der Waals surface area contributed by atoms with Crippen LogP contribution in [0.25, 0.3) is 0 Å². The fourth-order valence-electron chi connectivity index (χ4n) is 7.43. The number of allylic oxidation sites excluding steroid dienone is 4. The van der Waals surface area contributed by atoms with Gasteiger partial charge in [0.1, 0.15) is 0 Å². The molecule has 0 radical (unpaired) electrons. The highest BCUT2D eigenvalue weighted by Gasteiger charge is 2.49. The third-order valence-electron chi connectivity index (χ3n) is 9.62. The summed E-state index contributed by atoms with van der Waals surface area (Å²) in [4.78, 5) is 31.2. The molecule has 42 heavy (non-hydrogen) atoms. The van der Waals surface area contributed by atoms with Crippen LogP contribution in [0.1, 0.15) is 53.9 Å². The Morgan fingerprint density at radius 3 is 2.57 bits per heavy atom. The average Bonchev–Trinajstić information content (AvgIpc) is 3.18. The molecule has 6 rings (SSSR count). The molecule has 4 bridgehead atoms. The summed E-state index contributed by atoms with van der Waals surface area (Å²) in [5.74, 6) is -0.0178. The maximum atomic E-state index is 13.9. The van der Waals surface area contributed by atoms with E-state index in [2.05, 4.69) is 27.9 Å². The standard InChI is InChI=1S/C31H39ClN4O5S/c1-34-12-14-41-15-13-35(2)42(39,40)33-30(37)21-8-10-26-27(18-21)36-19-23(31(34)38)16-22-17-24(32)9-11-25(22)29(36)28(26)20-6-4-3-5-7-20/h8-11,16-18,20,22,25,28-29H,3-7,12-15,19H2,1-2H3,(H,33,37). The number of fused-ring (bicyclic) bond motifs is 4. The highest BCUT2D eigenvalue weighted by Crippen LogP contribution is 2.54. The molecule has 4 atom stereocenters. The SMILES string of the molecule is CN1CCOCCN(C)S(=O)(=O)NC(=O)c2ccc3c(c2)N2CC(=CC4C=C(Cl)C=CC4C2C3C2CCCCC2)C1=O. The third-order valence-corrected chi connectivity index (χ3v) is 11.3. The van der Waals surface area contributed by atoms with Gasteiger partial charge in [-0.15, -0.1) is 0 Å². The number of benzene rings is 1. The highest BCUT2D eigenvalue weighted by molar-refractivity contribution is 7.87. The van der Waals surface area contributed by atoms with Crippen molar-refractivity contribution in [2.45, 2.75) is 44.1 Å². The van der Waals surface area contributed by atoms with Gasteiger partial charge in [-0.2, -0.15) is 12.7 Å². The van der Waals surface area contributed by atoms with E-state index < -0.39 is 16.1 Å². The van der Waals surface area contributed by atoms with E-state index in [1.807, 2.05) is 18.2 Å². The Bertz CT molecular complexity index is 1450. The molecule has 5 aliphatic rings. The summed E-state index contributed by atoms with van der Waals surface area (Å²) >= 11 is 6.53.